The molecular weight excluding hydrogens is 340 g/mol. The minimum atomic E-state index is -1.37. The first kappa shape index (κ1) is 17.5. The molecule has 0 fully saturated rings. The smallest absolute Gasteiger partial charge is 0.239 e. The summed E-state index contributed by atoms with van der Waals surface area (Å²) in [6.07, 6.45) is 0.382. The van der Waals surface area contributed by atoms with E-state index in [1.165, 1.54) is 11.3 Å². The Morgan fingerprint density at radius 1 is 1.57 bits per heavy atom. The van der Waals surface area contributed by atoms with E-state index in [9.17, 15) is 14.7 Å². The molecule has 0 radical (unpaired) electrons. The first-order chi connectivity index (χ1) is 10.6. The fourth-order valence-corrected chi connectivity index (χ4v) is 3.40. The summed E-state index contributed by atoms with van der Waals surface area (Å²) in [5.41, 5.74) is 5.31. The van der Waals surface area contributed by atoms with Gasteiger partial charge in [0, 0.05) is 5.69 Å². The molecule has 124 valence electrons. The predicted molar refractivity (Wildman–Crippen MR) is 90.7 cm³/mol. The van der Waals surface area contributed by atoms with Crippen LogP contribution in [0.2, 0.25) is 4.34 Å². The van der Waals surface area contributed by atoms with Gasteiger partial charge in [-0.05, 0) is 32.9 Å². The van der Waals surface area contributed by atoms with E-state index < -0.39 is 11.5 Å². The average Bonchev–Trinajstić information content (AvgIpc) is 2.88. The Bertz CT molecular complexity index is 788. The minimum Gasteiger partial charge on any atom is -0.382 e. The van der Waals surface area contributed by atoms with Crippen molar-refractivity contribution in [3.63, 3.8) is 0 Å². The van der Waals surface area contributed by atoms with Gasteiger partial charge in [-0.1, -0.05) is 11.6 Å². The molecule has 0 aliphatic carbocycles. The molecule has 0 atom stereocenters. The van der Waals surface area contributed by atoms with Crippen molar-refractivity contribution in [2.75, 3.05) is 6.54 Å². The zero-order valence-electron chi connectivity index (χ0n) is 12.9. The van der Waals surface area contributed by atoms with Crippen LogP contribution < -0.4 is 5.73 Å². The molecule has 0 saturated heterocycles. The van der Waals surface area contributed by atoms with Gasteiger partial charge in [0.05, 0.1) is 14.6 Å². The second kappa shape index (κ2) is 6.31. The Labute approximate surface area is 141 Å². The number of nitrogens with zero attached hydrogens (tertiary/aromatic N) is 3. The van der Waals surface area contributed by atoms with Crippen LogP contribution in [0.4, 0.5) is 0 Å². The fourth-order valence-electron chi connectivity index (χ4n) is 2.19. The third-order valence-corrected chi connectivity index (χ3v) is 4.27. The van der Waals surface area contributed by atoms with Crippen molar-refractivity contribution in [2.24, 2.45) is 10.8 Å². The highest BCUT2D eigenvalue weighted by Crippen LogP contribution is 2.33. The Morgan fingerprint density at radius 2 is 2.22 bits per heavy atom. The number of primary amides is 1. The maximum atomic E-state index is 11.1. The van der Waals surface area contributed by atoms with Crippen molar-refractivity contribution in [3.05, 3.63) is 22.2 Å². The maximum absolute atomic E-state index is 11.1. The largest absolute Gasteiger partial charge is 0.382 e. The Kier molecular flexibility index (Phi) is 4.79. The number of hydrazone groups is 1. The van der Waals surface area contributed by atoms with Crippen molar-refractivity contribution in [2.45, 2.75) is 26.4 Å². The number of nitrogens with two attached hydrogens (primary N) is 1. The lowest BCUT2D eigenvalue weighted by molar-refractivity contribution is -0.126. The highest BCUT2D eigenvalue weighted by molar-refractivity contribution is 7.22. The molecule has 9 heteroatoms. The van der Waals surface area contributed by atoms with Crippen LogP contribution in [0.3, 0.4) is 0 Å². The number of carbonyl (C=O) groups excluding carboxylic acids is 2. The molecule has 0 aliphatic heterocycles. The Balaban J connectivity index is 2.64. The molecule has 0 unspecified atom stereocenters. The first-order valence-electron chi connectivity index (χ1n) is 6.73. The lowest BCUT2D eigenvalue weighted by Gasteiger charge is -2.24. The summed E-state index contributed by atoms with van der Waals surface area (Å²) in [5.74, 6) is -0.517. The van der Waals surface area contributed by atoms with Gasteiger partial charge in [-0.3, -0.25) is 14.2 Å². The van der Waals surface area contributed by atoms with Gasteiger partial charge in [0.25, 0.3) is 0 Å². The zero-order chi connectivity index (χ0) is 17.4. The number of fused-ring (bicyclic) bond motifs is 1. The molecule has 0 aliphatic rings. The topological polar surface area (TPSA) is 101 Å². The second-order valence-corrected chi connectivity index (χ2v) is 7.29. The van der Waals surface area contributed by atoms with Crippen LogP contribution in [0.1, 0.15) is 19.5 Å². The summed E-state index contributed by atoms with van der Waals surface area (Å²) in [5, 5.41) is 15.5. The van der Waals surface area contributed by atoms with Crippen LogP contribution in [-0.2, 0) is 9.59 Å². The standard InChI is InChI=1S/C14H17ClN4O3S/c1-8-4-10-9(5-11(15)23-10)19(8)13(14(2,3)22)17-18(7-20)6-12(16)21/h4-5,7,22H,6H2,1-3H3,(H2,16,21)/b17-13-. The maximum Gasteiger partial charge on any atom is 0.239 e. The van der Waals surface area contributed by atoms with Gasteiger partial charge in [-0.2, -0.15) is 5.10 Å². The molecule has 2 heterocycles. The lowest BCUT2D eigenvalue weighted by Crippen LogP contribution is -2.40. The van der Waals surface area contributed by atoms with Gasteiger partial charge in [-0.25, -0.2) is 5.01 Å². The average molecular weight is 357 g/mol. The van der Waals surface area contributed by atoms with E-state index in [1.54, 1.807) is 24.5 Å². The number of amides is 2. The molecule has 0 bridgehead atoms. The normalized spacial score (nSPS) is 12.7. The lowest BCUT2D eigenvalue weighted by atomic mass is 10.1. The molecule has 2 aromatic rings. The SMILES string of the molecule is Cc1cc2sc(Cl)cc2n1/C(=N\N(C=O)CC(N)=O)C(C)(C)O. The molecule has 7 nitrogen and oxygen atoms in total. The van der Waals surface area contributed by atoms with Gasteiger partial charge in [-0.15, -0.1) is 11.3 Å². The summed E-state index contributed by atoms with van der Waals surface area (Å²) >= 11 is 7.45. The quantitative estimate of drug-likeness (QED) is 0.367. The Hall–Kier alpha value is -1.90. The number of hydrogen-bond donors (Lipinski definition) is 2. The van der Waals surface area contributed by atoms with Gasteiger partial charge < -0.3 is 10.8 Å². The fraction of sp³-hybridized carbons (Fsp3) is 0.357. The summed E-state index contributed by atoms with van der Waals surface area (Å²) in [6.45, 7) is 4.55. The Morgan fingerprint density at radius 3 is 2.74 bits per heavy atom. The van der Waals surface area contributed by atoms with Gasteiger partial charge in [0.1, 0.15) is 12.1 Å². The van der Waals surface area contributed by atoms with E-state index in [1.807, 2.05) is 13.0 Å². The van der Waals surface area contributed by atoms with Gasteiger partial charge in [0.15, 0.2) is 5.84 Å². The minimum absolute atomic E-state index is 0.188. The predicted octanol–water partition coefficient (Wildman–Crippen LogP) is 1.54. The van der Waals surface area contributed by atoms with Crippen molar-refractivity contribution in [1.29, 1.82) is 0 Å². The van der Waals surface area contributed by atoms with Gasteiger partial charge >= 0.3 is 0 Å². The monoisotopic (exact) mass is 356 g/mol. The van der Waals surface area contributed by atoms with E-state index >= 15 is 0 Å². The molecule has 3 N–H and O–H groups in total. The first-order valence-corrected chi connectivity index (χ1v) is 7.92. The van der Waals surface area contributed by atoms with Crippen LogP contribution >= 0.6 is 22.9 Å². The number of hydrogen-bond acceptors (Lipinski definition) is 5. The highest BCUT2D eigenvalue weighted by atomic mass is 35.5. The molecular formula is C14H17ClN4O3S. The third kappa shape index (κ3) is 3.72. The molecule has 23 heavy (non-hydrogen) atoms. The number of halogens is 1. The molecule has 2 aromatic heterocycles. The number of aromatic nitrogens is 1. The van der Waals surface area contributed by atoms with E-state index in [0.29, 0.717) is 10.7 Å². The summed E-state index contributed by atoms with van der Waals surface area (Å²) < 4.78 is 3.23. The molecule has 0 spiro atoms. The van der Waals surface area contributed by atoms with Gasteiger partial charge in [0.2, 0.25) is 12.3 Å². The summed E-state index contributed by atoms with van der Waals surface area (Å²) in [7, 11) is 0. The van der Waals surface area contributed by atoms with Crippen LogP contribution in [0, 0.1) is 6.92 Å². The second-order valence-electron chi connectivity index (χ2n) is 5.57. The van der Waals surface area contributed by atoms with Crippen LogP contribution in [0.15, 0.2) is 17.2 Å². The number of aliphatic hydroxyl groups is 1. The van der Waals surface area contributed by atoms with Crippen LogP contribution in [0.5, 0.6) is 0 Å². The van der Waals surface area contributed by atoms with Crippen molar-refractivity contribution in [1.82, 2.24) is 9.58 Å². The third-order valence-electron chi connectivity index (χ3n) is 3.07. The van der Waals surface area contributed by atoms with Crippen LogP contribution in [0.25, 0.3) is 10.2 Å². The van der Waals surface area contributed by atoms with Crippen molar-refractivity contribution >= 4 is 51.3 Å². The van der Waals surface area contributed by atoms with Crippen LogP contribution in [-0.4, -0.2) is 45.0 Å². The number of aryl methyl sites for hydroxylation is 1. The molecule has 2 amide bonds. The number of carbonyl (C=O) groups is 2. The molecule has 0 saturated carbocycles. The summed E-state index contributed by atoms with van der Waals surface area (Å²) in [6, 6.07) is 3.67. The van der Waals surface area contributed by atoms with E-state index in [4.69, 9.17) is 17.3 Å². The number of thiophene rings is 1. The molecule has 2 rings (SSSR count). The van der Waals surface area contributed by atoms with E-state index in [-0.39, 0.29) is 12.4 Å². The zero-order valence-corrected chi connectivity index (χ0v) is 14.5. The van der Waals surface area contributed by atoms with Crippen molar-refractivity contribution in [3.8, 4) is 0 Å². The highest BCUT2D eigenvalue weighted by Gasteiger charge is 2.28. The van der Waals surface area contributed by atoms with Crippen molar-refractivity contribution < 1.29 is 14.7 Å². The van der Waals surface area contributed by atoms with E-state index in [2.05, 4.69) is 5.10 Å². The van der Waals surface area contributed by atoms with E-state index in [0.717, 1.165) is 20.9 Å². The molecule has 0 aromatic carbocycles. The summed E-state index contributed by atoms with van der Waals surface area (Å²) in [4.78, 5) is 22.2. The number of rotatable bonds is 5.